The number of amides is 1. The van der Waals surface area contributed by atoms with Gasteiger partial charge in [-0.1, -0.05) is 11.3 Å². The summed E-state index contributed by atoms with van der Waals surface area (Å²) >= 11 is 0.998. The Morgan fingerprint density at radius 2 is 1.83 bits per heavy atom. The molecule has 0 aliphatic carbocycles. The number of rotatable bonds is 9. The largest absolute Gasteiger partial charge is 0.573 e. The average molecular weight is 608 g/mol. The van der Waals surface area contributed by atoms with Crippen LogP contribution in [0.25, 0.3) is 11.3 Å². The quantitative estimate of drug-likeness (QED) is 0.335. The predicted octanol–water partition coefficient (Wildman–Crippen LogP) is 4.90. The highest BCUT2D eigenvalue weighted by molar-refractivity contribution is 7.16. The summed E-state index contributed by atoms with van der Waals surface area (Å²) in [7, 11) is 0. The van der Waals surface area contributed by atoms with Gasteiger partial charge in [0, 0.05) is 25.6 Å². The molecule has 2 aromatic heterocycles. The maximum atomic E-state index is 12.9. The normalized spacial score (nSPS) is 13.9. The topological polar surface area (TPSA) is 133 Å². The van der Waals surface area contributed by atoms with Crippen LogP contribution < -0.4 is 15.0 Å². The molecule has 1 N–H and O–H groups in total. The fraction of sp³-hybridized carbons (Fsp3) is 0.407. The van der Waals surface area contributed by atoms with Gasteiger partial charge in [0.25, 0.3) is 5.91 Å². The zero-order valence-corrected chi connectivity index (χ0v) is 23.8. The van der Waals surface area contributed by atoms with E-state index in [-0.39, 0.29) is 40.6 Å². The molecule has 1 aliphatic heterocycles. The lowest BCUT2D eigenvalue weighted by Crippen LogP contribution is -2.37. The molecule has 1 amide bonds. The number of aryl methyl sites for hydroxylation is 1. The number of carbonyl (C=O) groups excluding carboxylic acids is 3. The molecule has 0 atom stereocenters. The third-order valence-corrected chi connectivity index (χ3v) is 7.14. The summed E-state index contributed by atoms with van der Waals surface area (Å²) in [5.41, 5.74) is 0.989. The van der Waals surface area contributed by atoms with Crippen LogP contribution in [0.2, 0.25) is 0 Å². The Balaban J connectivity index is 1.48. The van der Waals surface area contributed by atoms with Gasteiger partial charge in [0.1, 0.15) is 23.9 Å². The summed E-state index contributed by atoms with van der Waals surface area (Å²) in [6.07, 6.45) is -0.862. The third kappa shape index (κ3) is 8.15. The molecule has 0 bridgehead atoms. The maximum absolute atomic E-state index is 12.9. The third-order valence-electron chi connectivity index (χ3n) is 6.19. The van der Waals surface area contributed by atoms with E-state index >= 15 is 0 Å². The lowest BCUT2D eigenvalue weighted by Gasteiger charge is -2.31. The lowest BCUT2D eigenvalue weighted by atomic mass is 9.97. The van der Waals surface area contributed by atoms with Crippen LogP contribution in [0, 0.1) is 12.8 Å². The molecule has 224 valence electrons. The molecule has 1 aliphatic rings. The highest BCUT2D eigenvalue weighted by atomic mass is 32.1. The van der Waals surface area contributed by atoms with Crippen LogP contribution in [0.5, 0.6) is 5.75 Å². The number of nitrogens with zero attached hydrogens (tertiary/aromatic N) is 4. The van der Waals surface area contributed by atoms with E-state index < -0.39 is 24.0 Å². The molecule has 0 spiro atoms. The molecule has 42 heavy (non-hydrogen) atoms. The van der Waals surface area contributed by atoms with Gasteiger partial charge in [0.05, 0.1) is 35.5 Å². The van der Waals surface area contributed by atoms with Crippen LogP contribution in [0.3, 0.4) is 0 Å². The highest BCUT2D eigenvalue weighted by Gasteiger charge is 2.31. The number of carbonyl (C=O) groups is 3. The number of benzene rings is 1. The van der Waals surface area contributed by atoms with Crippen LogP contribution >= 0.6 is 11.3 Å². The molecule has 1 saturated heterocycles. The predicted molar refractivity (Wildman–Crippen MR) is 146 cm³/mol. The van der Waals surface area contributed by atoms with E-state index in [1.54, 1.807) is 19.9 Å². The first-order chi connectivity index (χ1) is 19.9. The van der Waals surface area contributed by atoms with Gasteiger partial charge in [-0.25, -0.2) is 15.0 Å². The van der Waals surface area contributed by atoms with Gasteiger partial charge in [-0.2, -0.15) is 0 Å². The van der Waals surface area contributed by atoms with Crippen molar-refractivity contribution >= 4 is 40.1 Å². The van der Waals surface area contributed by atoms with Gasteiger partial charge in [-0.05, 0) is 50.5 Å². The first-order valence-electron chi connectivity index (χ1n) is 13.0. The second kappa shape index (κ2) is 13.1. The fourth-order valence-electron chi connectivity index (χ4n) is 4.34. The number of esters is 2. The van der Waals surface area contributed by atoms with Crippen molar-refractivity contribution in [3.05, 3.63) is 46.7 Å². The van der Waals surface area contributed by atoms with Crippen molar-refractivity contribution in [2.24, 2.45) is 5.92 Å². The molecule has 3 aromatic rings. The van der Waals surface area contributed by atoms with Crippen molar-refractivity contribution in [3.8, 4) is 17.0 Å². The summed E-state index contributed by atoms with van der Waals surface area (Å²) in [5.74, 6) is -1.41. The molecule has 0 radical (unpaired) electrons. The Hall–Kier alpha value is -4.27. The van der Waals surface area contributed by atoms with Gasteiger partial charge in [-0.15, -0.1) is 13.2 Å². The van der Waals surface area contributed by atoms with Gasteiger partial charge in [0.2, 0.25) is 0 Å². The molecule has 0 unspecified atom stereocenters. The van der Waals surface area contributed by atoms with Crippen molar-refractivity contribution in [1.29, 1.82) is 0 Å². The van der Waals surface area contributed by atoms with Crippen molar-refractivity contribution in [1.82, 2.24) is 15.0 Å². The van der Waals surface area contributed by atoms with Crippen molar-refractivity contribution in [2.45, 2.75) is 46.6 Å². The average Bonchev–Trinajstić information content (AvgIpc) is 3.33. The minimum absolute atomic E-state index is 0.00913. The van der Waals surface area contributed by atoms with Crippen LogP contribution in [-0.2, 0) is 25.7 Å². The number of hydrogen-bond donors (Lipinski definition) is 1. The number of thiazole rings is 1. The minimum atomic E-state index is -4.89. The number of alkyl halides is 3. The van der Waals surface area contributed by atoms with Crippen molar-refractivity contribution in [3.63, 3.8) is 0 Å². The fourth-order valence-corrected chi connectivity index (χ4v) is 5.23. The van der Waals surface area contributed by atoms with Crippen LogP contribution in [0.4, 0.5) is 24.1 Å². The smallest absolute Gasteiger partial charge is 0.466 e. The zero-order valence-electron chi connectivity index (χ0n) is 23.0. The Bertz CT molecular complexity index is 1440. The molecule has 15 heteroatoms. The SMILES string of the molecule is CCOC(=O)C1CCN(c2cnc(C(=O)Nc3nc(-c4cc(C)cc(OC(F)(F)F)c4)c(COC(C)=O)s3)cn2)CC1. The molecule has 11 nitrogen and oxygen atoms in total. The number of ether oxygens (including phenoxy) is 3. The highest BCUT2D eigenvalue weighted by Crippen LogP contribution is 2.35. The van der Waals surface area contributed by atoms with Crippen LogP contribution in [0.1, 0.15) is 47.6 Å². The molecular weight excluding hydrogens is 579 g/mol. The van der Waals surface area contributed by atoms with Gasteiger partial charge in [0.15, 0.2) is 5.13 Å². The van der Waals surface area contributed by atoms with Crippen LogP contribution in [-0.4, -0.2) is 58.9 Å². The van der Waals surface area contributed by atoms with Gasteiger partial charge >= 0.3 is 18.3 Å². The molecular formula is C27H28F3N5O6S. The second-order valence-electron chi connectivity index (χ2n) is 9.38. The first kappa shape index (κ1) is 30.7. The Kier molecular flexibility index (Phi) is 9.60. The number of piperidine rings is 1. The number of hydrogen-bond acceptors (Lipinski definition) is 11. The number of nitrogens with one attached hydrogen (secondary N) is 1. The molecule has 1 fully saturated rings. The van der Waals surface area contributed by atoms with E-state index in [1.165, 1.54) is 25.4 Å². The van der Waals surface area contributed by atoms with E-state index in [0.29, 0.717) is 48.8 Å². The van der Waals surface area contributed by atoms with E-state index in [1.807, 2.05) is 4.90 Å². The van der Waals surface area contributed by atoms with Crippen molar-refractivity contribution in [2.75, 3.05) is 29.9 Å². The number of anilines is 2. The minimum Gasteiger partial charge on any atom is -0.466 e. The number of halogens is 3. The zero-order chi connectivity index (χ0) is 30.4. The molecule has 4 rings (SSSR count). The maximum Gasteiger partial charge on any atom is 0.573 e. The summed E-state index contributed by atoms with van der Waals surface area (Å²) in [6.45, 7) is 5.90. The summed E-state index contributed by atoms with van der Waals surface area (Å²) < 4.78 is 52.8. The second-order valence-corrected chi connectivity index (χ2v) is 10.5. The Morgan fingerprint density at radius 1 is 1.10 bits per heavy atom. The summed E-state index contributed by atoms with van der Waals surface area (Å²) in [4.78, 5) is 51.6. The van der Waals surface area contributed by atoms with E-state index in [2.05, 4.69) is 25.0 Å². The van der Waals surface area contributed by atoms with E-state index in [0.717, 1.165) is 17.4 Å². The van der Waals surface area contributed by atoms with Gasteiger partial charge < -0.3 is 19.1 Å². The summed E-state index contributed by atoms with van der Waals surface area (Å²) in [5, 5.41) is 2.74. The lowest BCUT2D eigenvalue weighted by molar-refractivity contribution is -0.274. The van der Waals surface area contributed by atoms with Gasteiger partial charge in [-0.3, -0.25) is 19.7 Å². The monoisotopic (exact) mass is 607 g/mol. The Labute approximate surface area is 243 Å². The molecule has 0 saturated carbocycles. The number of aromatic nitrogens is 3. The van der Waals surface area contributed by atoms with E-state index in [4.69, 9.17) is 9.47 Å². The molecule has 3 heterocycles. The van der Waals surface area contributed by atoms with Crippen molar-refractivity contribution < 1.29 is 41.8 Å². The molecule has 1 aromatic carbocycles. The standard InChI is InChI=1S/C27H28F3N5O6S/c1-4-39-25(38)17-5-7-35(8-6-17)22-13-31-20(12-32-22)24(37)34-26-33-23(21(42-26)14-40-16(3)36)18-9-15(2)10-19(11-18)41-27(28,29)30/h9-13,17H,4-8,14H2,1-3H3,(H,33,34,37). The van der Waals surface area contributed by atoms with Crippen LogP contribution in [0.15, 0.2) is 30.6 Å². The Morgan fingerprint density at radius 3 is 2.45 bits per heavy atom. The first-order valence-corrected chi connectivity index (χ1v) is 13.8. The summed E-state index contributed by atoms with van der Waals surface area (Å²) in [6, 6.07) is 3.99. The van der Waals surface area contributed by atoms with E-state index in [9.17, 15) is 27.6 Å².